The lowest BCUT2D eigenvalue weighted by atomic mass is 9.98. The predicted molar refractivity (Wildman–Crippen MR) is 127 cm³/mol. The van der Waals surface area contributed by atoms with Gasteiger partial charge in [0.1, 0.15) is 0 Å². The lowest BCUT2D eigenvalue weighted by Gasteiger charge is -2.31. The van der Waals surface area contributed by atoms with E-state index in [1.165, 1.54) is 9.87 Å². The number of carbonyl (C=O) groups is 1. The van der Waals surface area contributed by atoms with Crippen LogP contribution >= 0.6 is 0 Å². The van der Waals surface area contributed by atoms with Crippen LogP contribution < -0.4 is 5.32 Å². The number of nitrogens with one attached hydrogen (secondary N) is 1. The molecule has 2 heterocycles. The van der Waals surface area contributed by atoms with Crippen molar-refractivity contribution in [3.63, 3.8) is 0 Å². The van der Waals surface area contributed by atoms with Crippen LogP contribution in [-0.4, -0.2) is 62.9 Å². The number of nitrogens with zero attached hydrogens (tertiary/aromatic N) is 2. The number of aryl methyl sites for hydroxylation is 1. The van der Waals surface area contributed by atoms with Gasteiger partial charge in [-0.25, -0.2) is 8.42 Å². The van der Waals surface area contributed by atoms with Crippen LogP contribution in [0.25, 0.3) is 0 Å². The molecule has 4 rings (SSSR count). The minimum absolute atomic E-state index is 0.0869. The number of hydrogen-bond acceptors (Lipinski definition) is 5. The second-order valence-electron chi connectivity index (χ2n) is 8.94. The highest BCUT2D eigenvalue weighted by Gasteiger charge is 2.33. The first-order chi connectivity index (χ1) is 15.9. The van der Waals surface area contributed by atoms with Gasteiger partial charge in [0.05, 0.1) is 24.0 Å². The molecule has 2 aromatic carbocycles. The van der Waals surface area contributed by atoms with E-state index in [4.69, 9.17) is 4.74 Å². The third kappa shape index (κ3) is 6.20. The SMILES string of the molecule is Cc1ccc(S(=O)(=O)N2CCC[C@@H](C(=O)NCc3ccc(CN4CCOCC4)cc3)C2)cc1. The molecule has 2 fully saturated rings. The molecular weight excluding hydrogens is 438 g/mol. The second kappa shape index (κ2) is 10.8. The number of sulfonamides is 1. The summed E-state index contributed by atoms with van der Waals surface area (Å²) in [5, 5.41) is 3.00. The van der Waals surface area contributed by atoms with Crippen molar-refractivity contribution in [2.24, 2.45) is 5.92 Å². The molecule has 0 bridgehead atoms. The molecule has 1 atom stereocenters. The Morgan fingerprint density at radius 2 is 1.67 bits per heavy atom. The zero-order chi connectivity index (χ0) is 23.3. The third-order valence-electron chi connectivity index (χ3n) is 6.41. The van der Waals surface area contributed by atoms with Gasteiger partial charge >= 0.3 is 0 Å². The van der Waals surface area contributed by atoms with Crippen molar-refractivity contribution in [1.29, 1.82) is 0 Å². The van der Waals surface area contributed by atoms with Crippen molar-refractivity contribution in [3.05, 3.63) is 65.2 Å². The number of carbonyl (C=O) groups excluding carboxylic acids is 1. The lowest BCUT2D eigenvalue weighted by Crippen LogP contribution is -2.45. The number of amides is 1. The predicted octanol–water partition coefficient (Wildman–Crippen LogP) is 2.54. The highest BCUT2D eigenvalue weighted by molar-refractivity contribution is 7.89. The summed E-state index contributed by atoms with van der Waals surface area (Å²) < 4.78 is 32.9. The summed E-state index contributed by atoms with van der Waals surface area (Å²) in [6.45, 7) is 7.43. The molecule has 0 radical (unpaired) electrons. The quantitative estimate of drug-likeness (QED) is 0.672. The molecule has 33 heavy (non-hydrogen) atoms. The van der Waals surface area contributed by atoms with Gasteiger partial charge in [0.25, 0.3) is 0 Å². The molecule has 1 N–H and O–H groups in total. The summed E-state index contributed by atoms with van der Waals surface area (Å²) in [6, 6.07) is 15.2. The maximum atomic E-state index is 13.0. The van der Waals surface area contributed by atoms with E-state index in [0.717, 1.165) is 44.0 Å². The smallest absolute Gasteiger partial charge is 0.243 e. The standard InChI is InChI=1S/C25H33N3O4S/c1-20-4-10-24(11-5-20)33(30,31)28-12-2-3-23(19-28)25(29)26-17-21-6-8-22(9-7-21)18-27-13-15-32-16-14-27/h4-11,23H,2-3,12-19H2,1H3,(H,26,29)/t23-/m1/s1. The summed E-state index contributed by atoms with van der Waals surface area (Å²) in [6.07, 6.45) is 1.38. The number of rotatable bonds is 7. The van der Waals surface area contributed by atoms with Crippen LogP contribution in [0.15, 0.2) is 53.4 Å². The van der Waals surface area contributed by atoms with E-state index in [2.05, 4.69) is 22.3 Å². The second-order valence-corrected chi connectivity index (χ2v) is 10.9. The topological polar surface area (TPSA) is 79.0 Å². The van der Waals surface area contributed by atoms with Crippen molar-refractivity contribution in [2.75, 3.05) is 39.4 Å². The maximum absolute atomic E-state index is 13.0. The Hall–Kier alpha value is -2.26. The molecule has 8 heteroatoms. The molecule has 178 valence electrons. The molecule has 0 unspecified atom stereocenters. The number of morpholine rings is 1. The molecule has 2 aromatic rings. The highest BCUT2D eigenvalue weighted by Crippen LogP contribution is 2.24. The van der Waals surface area contributed by atoms with Crippen molar-refractivity contribution >= 4 is 15.9 Å². The minimum Gasteiger partial charge on any atom is -0.379 e. The molecule has 0 aromatic heterocycles. The van der Waals surface area contributed by atoms with Crippen LogP contribution in [0.1, 0.15) is 29.5 Å². The van der Waals surface area contributed by atoms with Crippen molar-refractivity contribution in [3.8, 4) is 0 Å². The molecule has 0 spiro atoms. The van der Waals surface area contributed by atoms with Crippen LogP contribution in [0.2, 0.25) is 0 Å². The fourth-order valence-electron chi connectivity index (χ4n) is 4.35. The Morgan fingerprint density at radius 1 is 1.00 bits per heavy atom. The molecule has 1 amide bonds. The van der Waals surface area contributed by atoms with E-state index in [-0.39, 0.29) is 23.3 Å². The van der Waals surface area contributed by atoms with Crippen molar-refractivity contribution < 1.29 is 17.9 Å². The normalized spacial score (nSPS) is 20.5. The summed E-state index contributed by atoms with van der Waals surface area (Å²) in [5.41, 5.74) is 3.30. The molecule has 2 aliphatic rings. The number of hydrogen-bond donors (Lipinski definition) is 1. The number of ether oxygens (including phenoxy) is 1. The zero-order valence-corrected chi connectivity index (χ0v) is 20.0. The van der Waals surface area contributed by atoms with Crippen LogP contribution in [0, 0.1) is 12.8 Å². The zero-order valence-electron chi connectivity index (χ0n) is 19.2. The van der Waals surface area contributed by atoms with Crippen molar-refractivity contribution in [1.82, 2.24) is 14.5 Å². The van der Waals surface area contributed by atoms with Gasteiger partial charge in [-0.15, -0.1) is 0 Å². The lowest BCUT2D eigenvalue weighted by molar-refractivity contribution is -0.126. The Kier molecular flexibility index (Phi) is 7.80. The van der Waals surface area contributed by atoms with Crippen molar-refractivity contribution in [2.45, 2.75) is 37.8 Å². The fraction of sp³-hybridized carbons (Fsp3) is 0.480. The monoisotopic (exact) mass is 471 g/mol. The summed E-state index contributed by atoms with van der Waals surface area (Å²) >= 11 is 0. The van der Waals surface area contributed by atoms with E-state index in [1.807, 2.05) is 19.1 Å². The summed E-state index contributed by atoms with van der Waals surface area (Å²) in [4.78, 5) is 15.5. The van der Waals surface area contributed by atoms with Crippen LogP contribution in [0.5, 0.6) is 0 Å². The summed E-state index contributed by atoms with van der Waals surface area (Å²) in [7, 11) is -3.59. The van der Waals surface area contributed by atoms with Gasteiger partial charge in [0.2, 0.25) is 15.9 Å². The first-order valence-electron chi connectivity index (χ1n) is 11.6. The summed E-state index contributed by atoms with van der Waals surface area (Å²) in [5.74, 6) is -0.421. The van der Waals surface area contributed by atoms with Crippen LogP contribution in [0.3, 0.4) is 0 Å². The van der Waals surface area contributed by atoms with E-state index in [1.54, 1.807) is 24.3 Å². The fourth-order valence-corrected chi connectivity index (χ4v) is 5.87. The molecule has 2 saturated heterocycles. The van der Waals surface area contributed by atoms with Gasteiger partial charge in [-0.2, -0.15) is 4.31 Å². The van der Waals surface area contributed by atoms with Gasteiger partial charge in [-0.05, 0) is 43.0 Å². The highest BCUT2D eigenvalue weighted by atomic mass is 32.2. The largest absolute Gasteiger partial charge is 0.379 e. The molecule has 2 aliphatic heterocycles. The Balaban J connectivity index is 1.29. The van der Waals surface area contributed by atoms with E-state index in [0.29, 0.717) is 25.9 Å². The van der Waals surface area contributed by atoms with Crippen LogP contribution in [0.4, 0.5) is 0 Å². The van der Waals surface area contributed by atoms with Gasteiger partial charge in [-0.3, -0.25) is 9.69 Å². The van der Waals surface area contributed by atoms with Gasteiger partial charge in [-0.1, -0.05) is 42.0 Å². The van der Waals surface area contributed by atoms with E-state index in [9.17, 15) is 13.2 Å². The van der Waals surface area contributed by atoms with Gasteiger partial charge < -0.3 is 10.1 Å². The van der Waals surface area contributed by atoms with E-state index < -0.39 is 10.0 Å². The Bertz CT molecular complexity index is 1030. The Labute approximate surface area is 196 Å². The average molecular weight is 472 g/mol. The van der Waals surface area contributed by atoms with Gasteiger partial charge in [0, 0.05) is 39.3 Å². The first-order valence-corrected chi connectivity index (χ1v) is 13.1. The first kappa shape index (κ1) is 23.9. The molecule has 0 saturated carbocycles. The third-order valence-corrected chi connectivity index (χ3v) is 8.29. The molecule has 0 aliphatic carbocycles. The molecule has 7 nitrogen and oxygen atoms in total. The number of piperidine rings is 1. The Morgan fingerprint density at radius 3 is 2.36 bits per heavy atom. The minimum atomic E-state index is -3.59. The van der Waals surface area contributed by atoms with E-state index >= 15 is 0 Å². The molecular formula is C25H33N3O4S. The maximum Gasteiger partial charge on any atom is 0.243 e. The van der Waals surface area contributed by atoms with Gasteiger partial charge in [0.15, 0.2) is 0 Å². The number of benzene rings is 2. The average Bonchev–Trinajstić information content (AvgIpc) is 2.84. The van der Waals surface area contributed by atoms with Crippen LogP contribution in [-0.2, 0) is 32.6 Å².